The van der Waals surface area contributed by atoms with Gasteiger partial charge in [-0.2, -0.15) is 0 Å². The van der Waals surface area contributed by atoms with Gasteiger partial charge < -0.3 is 15.0 Å². The van der Waals surface area contributed by atoms with Crippen LogP contribution >= 0.6 is 0 Å². The van der Waals surface area contributed by atoms with Crippen LogP contribution in [0, 0.1) is 0 Å². The molecule has 202 valence electrons. The largest absolute Gasteiger partial charge is 0.497 e. The summed E-state index contributed by atoms with van der Waals surface area (Å²) >= 11 is 0. The minimum atomic E-state index is -3.82. The monoisotopic (exact) mass is 537 g/mol. The van der Waals surface area contributed by atoms with Crippen molar-refractivity contribution in [2.24, 2.45) is 0 Å². The summed E-state index contributed by atoms with van der Waals surface area (Å²) in [5.74, 6) is -0.0269. The molecule has 0 bridgehead atoms. The number of anilines is 1. The van der Waals surface area contributed by atoms with Crippen molar-refractivity contribution >= 4 is 38.3 Å². The van der Waals surface area contributed by atoms with E-state index >= 15 is 0 Å². The van der Waals surface area contributed by atoms with E-state index in [1.807, 2.05) is 42.5 Å². The molecule has 0 heterocycles. The van der Waals surface area contributed by atoms with Crippen LogP contribution in [0.2, 0.25) is 0 Å². The second kappa shape index (κ2) is 11.9. The Kier molecular flexibility index (Phi) is 8.56. The van der Waals surface area contributed by atoms with Crippen LogP contribution in [0.4, 0.5) is 5.69 Å². The molecule has 0 spiro atoms. The smallest absolute Gasteiger partial charge is 0.244 e. The van der Waals surface area contributed by atoms with E-state index in [0.717, 1.165) is 52.6 Å². The molecular formula is C29H35N3O5S. The lowest BCUT2D eigenvalue weighted by Crippen LogP contribution is -2.52. The quantitative estimate of drug-likeness (QED) is 0.420. The second-order valence-corrected chi connectivity index (χ2v) is 11.7. The Labute approximate surface area is 224 Å². The maximum atomic E-state index is 13.8. The predicted molar refractivity (Wildman–Crippen MR) is 150 cm³/mol. The lowest BCUT2D eigenvalue weighted by molar-refractivity contribution is -0.139. The lowest BCUT2D eigenvalue weighted by Gasteiger charge is -2.32. The summed E-state index contributed by atoms with van der Waals surface area (Å²) in [5, 5.41) is 4.66. The third-order valence-electron chi connectivity index (χ3n) is 7.10. The van der Waals surface area contributed by atoms with Crippen LogP contribution in [0.5, 0.6) is 5.75 Å². The van der Waals surface area contributed by atoms with E-state index in [2.05, 4.69) is 5.32 Å². The lowest BCUT2D eigenvalue weighted by atomic mass is 10.1. The Morgan fingerprint density at radius 2 is 1.66 bits per heavy atom. The minimum absolute atomic E-state index is 0.103. The molecule has 38 heavy (non-hydrogen) atoms. The first kappa shape index (κ1) is 27.4. The zero-order valence-corrected chi connectivity index (χ0v) is 22.9. The number of nitrogens with one attached hydrogen (secondary N) is 1. The Hall–Kier alpha value is -3.59. The van der Waals surface area contributed by atoms with Gasteiger partial charge in [0.05, 0.1) is 19.1 Å². The fraction of sp³-hybridized carbons (Fsp3) is 0.379. The number of methoxy groups -OCH3 is 1. The molecule has 4 rings (SSSR count). The van der Waals surface area contributed by atoms with Gasteiger partial charge in [0.15, 0.2) is 0 Å². The highest BCUT2D eigenvalue weighted by molar-refractivity contribution is 7.92. The average Bonchev–Trinajstić information content (AvgIpc) is 3.42. The number of hydrogen-bond donors (Lipinski definition) is 1. The molecule has 1 atom stereocenters. The summed E-state index contributed by atoms with van der Waals surface area (Å²) < 4.78 is 32.3. The number of sulfonamides is 1. The molecule has 9 heteroatoms. The molecule has 1 saturated carbocycles. The second-order valence-electron chi connectivity index (χ2n) is 9.80. The molecule has 0 aromatic heterocycles. The number of rotatable bonds is 10. The Morgan fingerprint density at radius 1 is 1.00 bits per heavy atom. The van der Waals surface area contributed by atoms with Gasteiger partial charge in [-0.3, -0.25) is 13.9 Å². The Morgan fingerprint density at radius 3 is 2.32 bits per heavy atom. The molecule has 1 N–H and O–H groups in total. The highest BCUT2D eigenvalue weighted by Gasteiger charge is 2.31. The van der Waals surface area contributed by atoms with E-state index in [0.29, 0.717) is 11.4 Å². The molecule has 1 unspecified atom stereocenters. The summed E-state index contributed by atoms with van der Waals surface area (Å²) in [6.07, 6.45) is 5.08. The standard InChI is InChI=1S/C29H35N3O5S/c1-21(29(34)30-24-11-5-6-12-24)31(19-22-15-17-25(37-2)18-16-22)28(33)20-32(38(3,35)36)27-14-8-10-23-9-4-7-13-26(23)27/h4,7-10,13-18,21,24H,5-6,11-12,19-20H2,1-3H3,(H,30,34). The van der Waals surface area contributed by atoms with Crippen molar-refractivity contribution in [3.05, 3.63) is 72.3 Å². The van der Waals surface area contributed by atoms with E-state index in [4.69, 9.17) is 4.74 Å². The van der Waals surface area contributed by atoms with Crippen LogP contribution in [0.3, 0.4) is 0 Å². The van der Waals surface area contributed by atoms with Gasteiger partial charge in [-0.25, -0.2) is 8.42 Å². The van der Waals surface area contributed by atoms with Gasteiger partial charge in [-0.1, -0.05) is 61.4 Å². The van der Waals surface area contributed by atoms with Gasteiger partial charge in [0.25, 0.3) is 0 Å². The molecule has 0 radical (unpaired) electrons. The number of nitrogens with zero attached hydrogens (tertiary/aromatic N) is 2. The summed E-state index contributed by atoms with van der Waals surface area (Å²) in [5.41, 5.74) is 1.22. The van der Waals surface area contributed by atoms with Gasteiger partial charge in [-0.05, 0) is 48.9 Å². The van der Waals surface area contributed by atoms with Crippen molar-refractivity contribution in [1.29, 1.82) is 0 Å². The first-order chi connectivity index (χ1) is 18.2. The van der Waals surface area contributed by atoms with Gasteiger partial charge in [0.2, 0.25) is 21.8 Å². The zero-order chi connectivity index (χ0) is 27.3. The average molecular weight is 538 g/mol. The van der Waals surface area contributed by atoms with Crippen molar-refractivity contribution in [2.45, 2.75) is 51.2 Å². The van der Waals surface area contributed by atoms with E-state index < -0.39 is 28.5 Å². The van der Waals surface area contributed by atoms with E-state index in [1.54, 1.807) is 38.3 Å². The number of hydrogen-bond acceptors (Lipinski definition) is 5. The van der Waals surface area contributed by atoms with Gasteiger partial charge in [-0.15, -0.1) is 0 Å². The first-order valence-corrected chi connectivity index (χ1v) is 14.7. The maximum absolute atomic E-state index is 13.8. The van der Waals surface area contributed by atoms with Crippen molar-refractivity contribution in [3.63, 3.8) is 0 Å². The topological polar surface area (TPSA) is 96.0 Å². The molecule has 1 aliphatic rings. The molecule has 1 fully saturated rings. The third kappa shape index (κ3) is 6.45. The third-order valence-corrected chi connectivity index (χ3v) is 8.22. The fourth-order valence-corrected chi connectivity index (χ4v) is 5.78. The minimum Gasteiger partial charge on any atom is -0.497 e. The van der Waals surface area contributed by atoms with Crippen molar-refractivity contribution in [2.75, 3.05) is 24.2 Å². The Balaban J connectivity index is 1.65. The Bertz CT molecular complexity index is 1380. The summed E-state index contributed by atoms with van der Waals surface area (Å²) in [4.78, 5) is 28.5. The normalized spacial score (nSPS) is 14.7. The van der Waals surface area contributed by atoms with Crippen molar-refractivity contribution in [1.82, 2.24) is 10.2 Å². The zero-order valence-electron chi connectivity index (χ0n) is 22.1. The molecule has 0 aliphatic heterocycles. The SMILES string of the molecule is COc1ccc(CN(C(=O)CN(c2cccc3ccccc23)S(C)(=O)=O)C(C)C(=O)NC2CCCC2)cc1. The number of carbonyl (C=O) groups is 2. The molecule has 3 aromatic rings. The molecule has 1 aliphatic carbocycles. The van der Waals surface area contributed by atoms with Crippen LogP contribution in [0.25, 0.3) is 10.8 Å². The van der Waals surface area contributed by atoms with Crippen molar-refractivity contribution in [3.8, 4) is 5.75 Å². The summed E-state index contributed by atoms with van der Waals surface area (Å²) in [6, 6.07) is 19.4. The number of benzene rings is 3. The number of ether oxygens (including phenoxy) is 1. The summed E-state index contributed by atoms with van der Waals surface area (Å²) in [7, 11) is -2.24. The van der Waals surface area contributed by atoms with E-state index in [-0.39, 0.29) is 18.5 Å². The molecule has 3 aromatic carbocycles. The highest BCUT2D eigenvalue weighted by atomic mass is 32.2. The van der Waals surface area contributed by atoms with E-state index in [9.17, 15) is 18.0 Å². The van der Waals surface area contributed by atoms with Crippen LogP contribution in [0.15, 0.2) is 66.7 Å². The van der Waals surface area contributed by atoms with Gasteiger partial charge in [0.1, 0.15) is 18.3 Å². The maximum Gasteiger partial charge on any atom is 0.244 e. The van der Waals surface area contributed by atoms with Crippen LogP contribution in [-0.4, -0.2) is 57.1 Å². The molecule has 0 saturated heterocycles. The first-order valence-electron chi connectivity index (χ1n) is 12.9. The highest BCUT2D eigenvalue weighted by Crippen LogP contribution is 2.29. The van der Waals surface area contributed by atoms with Gasteiger partial charge >= 0.3 is 0 Å². The van der Waals surface area contributed by atoms with Crippen molar-refractivity contribution < 1.29 is 22.7 Å². The number of fused-ring (bicyclic) bond motifs is 1. The van der Waals surface area contributed by atoms with Crippen LogP contribution in [0.1, 0.15) is 38.2 Å². The van der Waals surface area contributed by atoms with E-state index in [1.165, 1.54) is 4.90 Å². The molecule has 2 amide bonds. The van der Waals surface area contributed by atoms with Crippen LogP contribution in [-0.2, 0) is 26.2 Å². The molecular weight excluding hydrogens is 502 g/mol. The van der Waals surface area contributed by atoms with Gasteiger partial charge in [0, 0.05) is 18.0 Å². The number of carbonyl (C=O) groups excluding carboxylic acids is 2. The summed E-state index contributed by atoms with van der Waals surface area (Å²) in [6.45, 7) is 1.41. The molecule has 8 nitrogen and oxygen atoms in total. The predicted octanol–water partition coefficient (Wildman–Crippen LogP) is 4.09. The number of amides is 2. The fourth-order valence-electron chi connectivity index (χ4n) is 4.92. The van der Waals surface area contributed by atoms with Crippen LogP contribution < -0.4 is 14.4 Å².